The molecule has 1 saturated heterocycles. The summed E-state index contributed by atoms with van der Waals surface area (Å²) in [6.45, 7) is 2.62. The van der Waals surface area contributed by atoms with E-state index in [1.54, 1.807) is 0 Å². The summed E-state index contributed by atoms with van der Waals surface area (Å²) in [4.78, 5) is 0. The van der Waals surface area contributed by atoms with Crippen LogP contribution in [0.4, 0.5) is 0 Å². The Balaban J connectivity index is 1.57. The van der Waals surface area contributed by atoms with Crippen LogP contribution in [0.15, 0.2) is 29.4 Å². The van der Waals surface area contributed by atoms with Gasteiger partial charge in [-0.15, -0.1) is 0 Å². The Bertz CT molecular complexity index is 505. The predicted octanol–water partition coefficient (Wildman–Crippen LogP) is 3.56. The van der Waals surface area contributed by atoms with Crippen LogP contribution in [0.5, 0.6) is 5.75 Å². The van der Waals surface area contributed by atoms with Crippen LogP contribution in [0.25, 0.3) is 0 Å². The average molecular weight is 289 g/mol. The van der Waals surface area contributed by atoms with Crippen LogP contribution in [-0.2, 0) is 11.2 Å². The van der Waals surface area contributed by atoms with Crippen LogP contribution in [0.2, 0.25) is 0 Å². The van der Waals surface area contributed by atoms with Gasteiger partial charge in [-0.1, -0.05) is 17.3 Å². The molecule has 0 amide bonds. The number of benzene rings is 1. The van der Waals surface area contributed by atoms with E-state index in [1.165, 1.54) is 19.3 Å². The molecule has 114 valence electrons. The highest BCUT2D eigenvalue weighted by atomic mass is 16.5. The molecule has 1 unspecified atom stereocenters. The number of hydrogen-bond donors (Lipinski definition) is 1. The van der Waals surface area contributed by atoms with Gasteiger partial charge in [-0.05, 0) is 43.9 Å². The van der Waals surface area contributed by atoms with Gasteiger partial charge in [0.1, 0.15) is 11.9 Å². The van der Waals surface area contributed by atoms with Gasteiger partial charge < -0.3 is 14.7 Å². The highest BCUT2D eigenvalue weighted by Crippen LogP contribution is 2.43. The van der Waals surface area contributed by atoms with E-state index >= 15 is 0 Å². The second-order valence-electron chi connectivity index (χ2n) is 6.27. The summed E-state index contributed by atoms with van der Waals surface area (Å²) in [5, 5.41) is 11.9. The van der Waals surface area contributed by atoms with E-state index in [0.29, 0.717) is 12.1 Å². The highest BCUT2D eigenvalue weighted by molar-refractivity contribution is 5.83. The maximum Gasteiger partial charge on any atom is 0.119 e. The van der Waals surface area contributed by atoms with Crippen molar-refractivity contribution in [3.63, 3.8) is 0 Å². The number of nitrogens with zero attached hydrogens (tertiary/aromatic N) is 1. The summed E-state index contributed by atoms with van der Waals surface area (Å²) in [7, 11) is 0. The molecular weight excluding hydrogens is 266 g/mol. The molecular formula is C17H23NO3. The fraction of sp³-hybridized carbons (Fsp3) is 0.588. The molecule has 21 heavy (non-hydrogen) atoms. The summed E-state index contributed by atoms with van der Waals surface area (Å²) in [6, 6.07) is 8.07. The first kappa shape index (κ1) is 14.4. The molecule has 1 N–H and O–H groups in total. The van der Waals surface area contributed by atoms with Gasteiger partial charge in [-0.3, -0.25) is 0 Å². The van der Waals surface area contributed by atoms with Crippen LogP contribution in [0.1, 0.15) is 44.6 Å². The minimum Gasteiger partial charge on any atom is -0.490 e. The maximum absolute atomic E-state index is 8.70. The largest absolute Gasteiger partial charge is 0.490 e. The summed E-state index contributed by atoms with van der Waals surface area (Å²) < 4.78 is 12.0. The number of rotatable bonds is 4. The van der Waals surface area contributed by atoms with Gasteiger partial charge in [0.05, 0.1) is 17.9 Å². The molecule has 1 atom stereocenters. The lowest BCUT2D eigenvalue weighted by atomic mass is 9.74. The first-order valence-electron chi connectivity index (χ1n) is 7.76. The Morgan fingerprint density at radius 1 is 1.38 bits per heavy atom. The van der Waals surface area contributed by atoms with E-state index in [-0.39, 0.29) is 11.7 Å². The zero-order valence-electron chi connectivity index (χ0n) is 12.5. The van der Waals surface area contributed by atoms with Gasteiger partial charge in [0, 0.05) is 19.3 Å². The van der Waals surface area contributed by atoms with Crippen LogP contribution < -0.4 is 4.74 Å². The highest BCUT2D eigenvalue weighted by Gasteiger charge is 2.43. The molecule has 1 aromatic carbocycles. The molecule has 4 heteroatoms. The molecule has 0 radical (unpaired) electrons. The third kappa shape index (κ3) is 3.38. The van der Waals surface area contributed by atoms with Crippen LogP contribution >= 0.6 is 0 Å². The SMILES string of the molecule is C/C(Cc1ccc(OC2CCOC3(CCC3)C2)cc1)=N/O. The van der Waals surface area contributed by atoms with Gasteiger partial charge in [0.2, 0.25) is 0 Å². The van der Waals surface area contributed by atoms with Gasteiger partial charge in [0.15, 0.2) is 0 Å². The third-order valence-electron chi connectivity index (χ3n) is 4.57. The molecule has 1 spiro atoms. The monoisotopic (exact) mass is 289 g/mol. The van der Waals surface area contributed by atoms with Crippen molar-refractivity contribution in [1.29, 1.82) is 0 Å². The topological polar surface area (TPSA) is 51.0 Å². The Kier molecular flexibility index (Phi) is 4.15. The van der Waals surface area contributed by atoms with Crippen LogP contribution in [0, 0.1) is 0 Å². The van der Waals surface area contributed by atoms with Crippen LogP contribution in [0.3, 0.4) is 0 Å². The Hall–Kier alpha value is -1.55. The van der Waals surface area contributed by atoms with E-state index in [9.17, 15) is 0 Å². The summed E-state index contributed by atoms with van der Waals surface area (Å²) in [6.07, 6.45) is 6.58. The van der Waals surface area contributed by atoms with Crippen molar-refractivity contribution in [2.24, 2.45) is 5.16 Å². The zero-order chi connectivity index (χ0) is 14.7. The number of oxime groups is 1. The van der Waals surface area contributed by atoms with E-state index in [1.807, 2.05) is 31.2 Å². The summed E-state index contributed by atoms with van der Waals surface area (Å²) in [5.41, 5.74) is 1.96. The van der Waals surface area contributed by atoms with Crippen molar-refractivity contribution in [3.05, 3.63) is 29.8 Å². The molecule has 1 aliphatic heterocycles. The first-order chi connectivity index (χ1) is 10.2. The van der Waals surface area contributed by atoms with E-state index < -0.39 is 0 Å². The summed E-state index contributed by atoms with van der Waals surface area (Å²) in [5.74, 6) is 0.915. The molecule has 1 aliphatic carbocycles. The lowest BCUT2D eigenvalue weighted by molar-refractivity contribution is -0.153. The molecule has 1 aromatic rings. The molecule has 1 heterocycles. The standard InChI is InChI=1S/C17H23NO3/c1-13(18-19)11-14-3-5-15(6-4-14)21-16-7-10-20-17(12-16)8-2-9-17/h3-6,16,19H,2,7-12H2,1H3/b18-13-. The van der Waals surface area contributed by atoms with E-state index in [2.05, 4.69) is 5.16 Å². The van der Waals surface area contributed by atoms with Gasteiger partial charge in [0.25, 0.3) is 0 Å². The van der Waals surface area contributed by atoms with Crippen LogP contribution in [-0.4, -0.2) is 29.2 Å². The number of hydrogen-bond acceptors (Lipinski definition) is 4. The second-order valence-corrected chi connectivity index (χ2v) is 6.27. The molecule has 2 fully saturated rings. The van der Waals surface area contributed by atoms with E-state index in [4.69, 9.17) is 14.7 Å². The third-order valence-corrected chi connectivity index (χ3v) is 4.57. The fourth-order valence-electron chi connectivity index (χ4n) is 3.21. The first-order valence-corrected chi connectivity index (χ1v) is 7.76. The maximum atomic E-state index is 8.70. The van der Waals surface area contributed by atoms with Crippen molar-refractivity contribution < 1.29 is 14.7 Å². The van der Waals surface area contributed by atoms with Crippen molar-refractivity contribution in [2.45, 2.75) is 57.2 Å². The Labute approximate surface area is 125 Å². The van der Waals surface area contributed by atoms with Gasteiger partial charge in [-0.2, -0.15) is 0 Å². The predicted molar refractivity (Wildman–Crippen MR) is 81.2 cm³/mol. The minimum absolute atomic E-state index is 0.123. The molecule has 3 rings (SSSR count). The minimum atomic E-state index is 0.123. The lowest BCUT2D eigenvalue weighted by Crippen LogP contribution is -2.48. The Morgan fingerprint density at radius 3 is 2.76 bits per heavy atom. The van der Waals surface area contributed by atoms with Crippen molar-refractivity contribution in [1.82, 2.24) is 0 Å². The molecule has 0 bridgehead atoms. The van der Waals surface area contributed by atoms with E-state index in [0.717, 1.165) is 30.8 Å². The van der Waals surface area contributed by atoms with Gasteiger partial charge >= 0.3 is 0 Å². The summed E-state index contributed by atoms with van der Waals surface area (Å²) >= 11 is 0. The molecule has 1 saturated carbocycles. The quantitative estimate of drug-likeness (QED) is 0.524. The molecule has 2 aliphatic rings. The fourth-order valence-corrected chi connectivity index (χ4v) is 3.21. The molecule has 0 aromatic heterocycles. The number of ether oxygens (including phenoxy) is 2. The van der Waals surface area contributed by atoms with Crippen molar-refractivity contribution in [3.8, 4) is 5.75 Å². The normalized spacial score (nSPS) is 24.6. The second kappa shape index (κ2) is 6.06. The van der Waals surface area contributed by atoms with Crippen molar-refractivity contribution in [2.75, 3.05) is 6.61 Å². The average Bonchev–Trinajstić information content (AvgIpc) is 2.48. The Morgan fingerprint density at radius 2 is 2.14 bits per heavy atom. The smallest absolute Gasteiger partial charge is 0.119 e. The van der Waals surface area contributed by atoms with Gasteiger partial charge in [-0.25, -0.2) is 0 Å². The lowest BCUT2D eigenvalue weighted by Gasteiger charge is -2.46. The zero-order valence-corrected chi connectivity index (χ0v) is 12.5. The van der Waals surface area contributed by atoms with Crippen molar-refractivity contribution >= 4 is 5.71 Å². The molecule has 4 nitrogen and oxygen atoms in total.